The van der Waals surface area contributed by atoms with Crippen LogP contribution in [0.1, 0.15) is 11.1 Å². The summed E-state index contributed by atoms with van der Waals surface area (Å²) in [4.78, 5) is 8.03. The molecule has 0 saturated carbocycles. The normalized spacial score (nSPS) is 10.5. The van der Waals surface area contributed by atoms with Crippen LogP contribution >= 0.6 is 11.6 Å². The highest BCUT2D eigenvalue weighted by atomic mass is 35.5. The van der Waals surface area contributed by atoms with E-state index in [1.807, 2.05) is 13.0 Å². The molecule has 0 spiro atoms. The minimum atomic E-state index is -0.244. The second-order valence-electron chi connectivity index (χ2n) is 3.55. The SMILES string of the molecule is Cc1c(F)cccc1-c1ncnc(Cl)c1C. The van der Waals surface area contributed by atoms with E-state index in [0.29, 0.717) is 16.4 Å². The van der Waals surface area contributed by atoms with Gasteiger partial charge in [-0.05, 0) is 25.5 Å². The van der Waals surface area contributed by atoms with Crippen molar-refractivity contribution in [2.45, 2.75) is 13.8 Å². The Morgan fingerprint density at radius 2 is 1.88 bits per heavy atom. The molecule has 1 heterocycles. The zero-order valence-electron chi connectivity index (χ0n) is 8.96. The molecule has 82 valence electrons. The molecule has 4 heteroatoms. The number of benzene rings is 1. The van der Waals surface area contributed by atoms with Gasteiger partial charge in [0.15, 0.2) is 0 Å². The molecule has 0 unspecified atom stereocenters. The molecule has 0 aliphatic carbocycles. The van der Waals surface area contributed by atoms with Gasteiger partial charge in [0.05, 0.1) is 5.69 Å². The van der Waals surface area contributed by atoms with Crippen LogP contribution in [0.5, 0.6) is 0 Å². The van der Waals surface area contributed by atoms with Crippen LogP contribution in [0.15, 0.2) is 24.5 Å². The molecule has 2 rings (SSSR count). The van der Waals surface area contributed by atoms with E-state index >= 15 is 0 Å². The summed E-state index contributed by atoms with van der Waals surface area (Å²) < 4.78 is 13.4. The summed E-state index contributed by atoms with van der Waals surface area (Å²) in [7, 11) is 0. The first-order valence-corrected chi connectivity index (χ1v) is 5.21. The standard InChI is InChI=1S/C12H10ClFN2/c1-7-9(4-3-5-10(7)14)11-8(2)12(13)16-6-15-11/h3-6H,1-2H3. The van der Waals surface area contributed by atoms with Gasteiger partial charge in [-0.15, -0.1) is 0 Å². The average Bonchev–Trinajstić information content (AvgIpc) is 2.27. The van der Waals surface area contributed by atoms with Crippen molar-refractivity contribution < 1.29 is 4.39 Å². The van der Waals surface area contributed by atoms with E-state index in [9.17, 15) is 4.39 Å². The van der Waals surface area contributed by atoms with Gasteiger partial charge in [0.2, 0.25) is 0 Å². The van der Waals surface area contributed by atoms with Crippen LogP contribution in [0.25, 0.3) is 11.3 Å². The Balaban J connectivity index is 2.68. The van der Waals surface area contributed by atoms with E-state index in [-0.39, 0.29) is 5.82 Å². The maximum absolute atomic E-state index is 13.4. The zero-order valence-corrected chi connectivity index (χ0v) is 9.72. The first-order chi connectivity index (χ1) is 7.61. The fraction of sp³-hybridized carbons (Fsp3) is 0.167. The Labute approximate surface area is 98.1 Å². The molecule has 0 fully saturated rings. The Morgan fingerprint density at radius 3 is 2.62 bits per heavy atom. The summed E-state index contributed by atoms with van der Waals surface area (Å²) in [5.74, 6) is -0.244. The third-order valence-corrected chi connectivity index (χ3v) is 2.93. The van der Waals surface area contributed by atoms with Gasteiger partial charge in [-0.2, -0.15) is 0 Å². The van der Waals surface area contributed by atoms with Crippen molar-refractivity contribution in [2.75, 3.05) is 0 Å². The van der Waals surface area contributed by atoms with E-state index in [1.54, 1.807) is 13.0 Å². The van der Waals surface area contributed by atoms with E-state index in [0.717, 1.165) is 11.1 Å². The van der Waals surface area contributed by atoms with Gasteiger partial charge in [-0.1, -0.05) is 23.7 Å². The van der Waals surface area contributed by atoms with Gasteiger partial charge in [0.1, 0.15) is 17.3 Å². The van der Waals surface area contributed by atoms with Crippen LogP contribution in [0.2, 0.25) is 5.15 Å². The van der Waals surface area contributed by atoms with Gasteiger partial charge < -0.3 is 0 Å². The highest BCUT2D eigenvalue weighted by molar-refractivity contribution is 6.30. The van der Waals surface area contributed by atoms with Crippen LogP contribution in [0, 0.1) is 19.7 Å². The van der Waals surface area contributed by atoms with Crippen LogP contribution in [0.4, 0.5) is 4.39 Å². The van der Waals surface area contributed by atoms with Crippen LogP contribution in [0.3, 0.4) is 0 Å². The van der Waals surface area contributed by atoms with Crippen LogP contribution < -0.4 is 0 Å². The lowest BCUT2D eigenvalue weighted by Crippen LogP contribution is -1.95. The van der Waals surface area contributed by atoms with E-state index < -0.39 is 0 Å². The summed E-state index contributed by atoms with van der Waals surface area (Å²) in [6, 6.07) is 4.91. The Bertz CT molecular complexity index is 491. The fourth-order valence-electron chi connectivity index (χ4n) is 1.56. The van der Waals surface area contributed by atoms with Crippen molar-refractivity contribution in [2.24, 2.45) is 0 Å². The van der Waals surface area contributed by atoms with Gasteiger partial charge in [-0.3, -0.25) is 0 Å². The largest absolute Gasteiger partial charge is 0.236 e. The number of halogens is 2. The number of hydrogen-bond acceptors (Lipinski definition) is 2. The van der Waals surface area contributed by atoms with Crippen molar-refractivity contribution in [1.82, 2.24) is 9.97 Å². The average molecular weight is 237 g/mol. The van der Waals surface area contributed by atoms with Crippen molar-refractivity contribution >= 4 is 11.6 Å². The number of aromatic nitrogens is 2. The van der Waals surface area contributed by atoms with Crippen molar-refractivity contribution in [3.05, 3.63) is 46.6 Å². The topological polar surface area (TPSA) is 25.8 Å². The molecule has 1 aromatic heterocycles. The second-order valence-corrected chi connectivity index (χ2v) is 3.91. The molecule has 0 saturated heterocycles. The molecular formula is C12H10ClFN2. The monoisotopic (exact) mass is 236 g/mol. The van der Waals surface area contributed by atoms with Crippen LogP contribution in [-0.4, -0.2) is 9.97 Å². The number of nitrogens with zero attached hydrogens (tertiary/aromatic N) is 2. The van der Waals surface area contributed by atoms with E-state index in [4.69, 9.17) is 11.6 Å². The molecule has 0 aliphatic heterocycles. The van der Waals surface area contributed by atoms with E-state index in [2.05, 4.69) is 9.97 Å². The lowest BCUT2D eigenvalue weighted by molar-refractivity contribution is 0.619. The smallest absolute Gasteiger partial charge is 0.135 e. The van der Waals surface area contributed by atoms with Gasteiger partial charge in [-0.25, -0.2) is 14.4 Å². The maximum atomic E-state index is 13.4. The quantitative estimate of drug-likeness (QED) is 0.708. The van der Waals surface area contributed by atoms with Crippen molar-refractivity contribution in [1.29, 1.82) is 0 Å². The minimum absolute atomic E-state index is 0.244. The van der Waals surface area contributed by atoms with Gasteiger partial charge in [0, 0.05) is 11.1 Å². The van der Waals surface area contributed by atoms with E-state index in [1.165, 1.54) is 12.4 Å². The molecular weight excluding hydrogens is 227 g/mol. The summed E-state index contributed by atoms with van der Waals surface area (Å²) in [6.45, 7) is 3.54. The molecule has 0 amide bonds. The third kappa shape index (κ3) is 1.78. The Kier molecular flexibility index (Phi) is 2.88. The summed E-state index contributed by atoms with van der Waals surface area (Å²) >= 11 is 5.91. The molecule has 0 aliphatic rings. The lowest BCUT2D eigenvalue weighted by Gasteiger charge is -2.09. The van der Waals surface area contributed by atoms with Crippen molar-refractivity contribution in [3.8, 4) is 11.3 Å². The lowest BCUT2D eigenvalue weighted by atomic mass is 10.0. The summed E-state index contributed by atoms with van der Waals surface area (Å²) in [5.41, 5.74) is 2.76. The number of hydrogen-bond donors (Lipinski definition) is 0. The fourth-order valence-corrected chi connectivity index (χ4v) is 1.70. The highest BCUT2D eigenvalue weighted by Crippen LogP contribution is 2.28. The second kappa shape index (κ2) is 4.18. The first kappa shape index (κ1) is 11.0. The predicted molar refractivity (Wildman–Crippen MR) is 61.9 cm³/mol. The molecule has 0 atom stereocenters. The highest BCUT2D eigenvalue weighted by Gasteiger charge is 2.11. The first-order valence-electron chi connectivity index (χ1n) is 4.84. The Morgan fingerprint density at radius 1 is 1.12 bits per heavy atom. The third-order valence-electron chi connectivity index (χ3n) is 2.55. The number of rotatable bonds is 1. The summed E-state index contributed by atoms with van der Waals surface area (Å²) in [5, 5.41) is 0.397. The maximum Gasteiger partial charge on any atom is 0.135 e. The molecule has 0 radical (unpaired) electrons. The predicted octanol–water partition coefficient (Wildman–Crippen LogP) is 3.55. The summed E-state index contributed by atoms with van der Waals surface area (Å²) in [6.07, 6.45) is 1.38. The van der Waals surface area contributed by atoms with Crippen LogP contribution in [-0.2, 0) is 0 Å². The molecule has 0 N–H and O–H groups in total. The molecule has 2 nitrogen and oxygen atoms in total. The molecule has 2 aromatic rings. The molecule has 1 aromatic carbocycles. The zero-order chi connectivity index (χ0) is 11.7. The van der Waals surface area contributed by atoms with Gasteiger partial charge in [0.25, 0.3) is 0 Å². The molecule has 16 heavy (non-hydrogen) atoms. The Hall–Kier alpha value is -1.48. The van der Waals surface area contributed by atoms with Gasteiger partial charge >= 0.3 is 0 Å². The van der Waals surface area contributed by atoms with Crippen molar-refractivity contribution in [3.63, 3.8) is 0 Å². The minimum Gasteiger partial charge on any atom is -0.236 e. The molecule has 0 bridgehead atoms.